The summed E-state index contributed by atoms with van der Waals surface area (Å²) in [4.78, 5) is 18.8. The van der Waals surface area contributed by atoms with Crippen LogP contribution in [0, 0.1) is 6.92 Å². The normalized spacial score (nSPS) is 10.4. The molecule has 0 saturated heterocycles. The zero-order chi connectivity index (χ0) is 15.6. The van der Waals surface area contributed by atoms with Crippen LogP contribution in [0.2, 0.25) is 0 Å². The highest BCUT2D eigenvalue weighted by Gasteiger charge is 2.00. The van der Waals surface area contributed by atoms with Crippen molar-refractivity contribution in [2.75, 3.05) is 18.8 Å². The summed E-state index contributed by atoms with van der Waals surface area (Å²) in [5, 5.41) is 3.13. The molecule has 144 valence electrons. The standard InChI is InChI=1S/C14H23N7S.3ClH/c1-11-13(21-10-19-11)8-22-6-5-18-14(15)17-4-2-3-12-7-16-9-20-12;;;/h7,9-10H,2-6,8H2,1H3,(H,16,20)(H,19,21)(H3,15,17,18);3*1H. The average molecular weight is 431 g/mol. The molecule has 0 saturated carbocycles. The number of aryl methyl sites for hydroxylation is 2. The Morgan fingerprint density at radius 2 is 2.08 bits per heavy atom. The fourth-order valence-corrected chi connectivity index (χ4v) is 2.77. The molecular weight excluding hydrogens is 405 g/mol. The second-order valence-electron chi connectivity index (χ2n) is 4.88. The van der Waals surface area contributed by atoms with Gasteiger partial charge in [-0.1, -0.05) is 0 Å². The second-order valence-corrected chi connectivity index (χ2v) is 5.99. The molecule has 0 aromatic carbocycles. The first-order valence-corrected chi connectivity index (χ1v) is 8.49. The third kappa shape index (κ3) is 10.5. The summed E-state index contributed by atoms with van der Waals surface area (Å²) in [5.41, 5.74) is 9.14. The molecule has 0 radical (unpaired) electrons. The minimum Gasteiger partial charge on any atom is -0.370 e. The average Bonchev–Trinajstić information content (AvgIpc) is 3.15. The van der Waals surface area contributed by atoms with E-state index in [1.54, 1.807) is 12.7 Å². The number of nitrogens with zero attached hydrogens (tertiary/aromatic N) is 3. The largest absolute Gasteiger partial charge is 0.370 e. The number of hydrogen-bond acceptors (Lipinski definition) is 4. The van der Waals surface area contributed by atoms with Gasteiger partial charge in [-0.3, -0.25) is 4.99 Å². The van der Waals surface area contributed by atoms with Gasteiger partial charge in [0.15, 0.2) is 5.96 Å². The van der Waals surface area contributed by atoms with Crippen molar-refractivity contribution < 1.29 is 0 Å². The van der Waals surface area contributed by atoms with Gasteiger partial charge in [0.25, 0.3) is 0 Å². The highest BCUT2D eigenvalue weighted by molar-refractivity contribution is 7.98. The predicted molar refractivity (Wildman–Crippen MR) is 113 cm³/mol. The Morgan fingerprint density at radius 1 is 1.28 bits per heavy atom. The van der Waals surface area contributed by atoms with Gasteiger partial charge >= 0.3 is 0 Å². The van der Waals surface area contributed by atoms with Crippen LogP contribution < -0.4 is 11.1 Å². The van der Waals surface area contributed by atoms with Gasteiger partial charge < -0.3 is 21.0 Å². The van der Waals surface area contributed by atoms with E-state index in [0.29, 0.717) is 12.5 Å². The van der Waals surface area contributed by atoms with Gasteiger partial charge in [-0.15, -0.1) is 37.2 Å². The van der Waals surface area contributed by atoms with Crippen molar-refractivity contribution >= 4 is 54.9 Å². The summed E-state index contributed by atoms with van der Waals surface area (Å²) >= 11 is 1.83. The molecule has 7 nitrogen and oxygen atoms in total. The monoisotopic (exact) mass is 429 g/mol. The van der Waals surface area contributed by atoms with Crippen LogP contribution in [0.1, 0.15) is 23.5 Å². The Morgan fingerprint density at radius 3 is 2.72 bits per heavy atom. The molecule has 25 heavy (non-hydrogen) atoms. The van der Waals surface area contributed by atoms with E-state index in [9.17, 15) is 0 Å². The highest BCUT2D eigenvalue weighted by atomic mass is 35.5. The summed E-state index contributed by atoms with van der Waals surface area (Å²) in [7, 11) is 0. The summed E-state index contributed by atoms with van der Waals surface area (Å²) < 4.78 is 0. The van der Waals surface area contributed by atoms with Crippen molar-refractivity contribution in [3.05, 3.63) is 35.9 Å². The van der Waals surface area contributed by atoms with Crippen molar-refractivity contribution in [3.63, 3.8) is 0 Å². The number of nitrogens with one attached hydrogen (secondary N) is 3. The van der Waals surface area contributed by atoms with Crippen molar-refractivity contribution in [2.24, 2.45) is 10.7 Å². The van der Waals surface area contributed by atoms with Gasteiger partial charge in [0.1, 0.15) is 0 Å². The van der Waals surface area contributed by atoms with E-state index in [1.807, 2.05) is 24.9 Å². The molecule has 2 aromatic heterocycles. The lowest BCUT2D eigenvalue weighted by atomic mass is 10.2. The molecule has 5 N–H and O–H groups in total. The van der Waals surface area contributed by atoms with Gasteiger partial charge in [0.05, 0.1) is 24.0 Å². The molecule has 0 aliphatic rings. The lowest BCUT2D eigenvalue weighted by molar-refractivity contribution is 0.806. The summed E-state index contributed by atoms with van der Waals surface area (Å²) in [5.74, 6) is 2.40. The first-order valence-electron chi connectivity index (χ1n) is 7.33. The number of hydrogen-bond donors (Lipinski definition) is 4. The number of H-pyrrole nitrogens is 2. The maximum Gasteiger partial charge on any atom is 0.188 e. The molecule has 11 heteroatoms. The molecule has 0 spiro atoms. The number of thioether (sulfide) groups is 1. The summed E-state index contributed by atoms with van der Waals surface area (Å²) in [6.07, 6.45) is 7.19. The highest BCUT2D eigenvalue weighted by Crippen LogP contribution is 2.11. The minimum absolute atomic E-state index is 0. The molecule has 2 heterocycles. The minimum atomic E-state index is 0. The quantitative estimate of drug-likeness (QED) is 0.278. The zero-order valence-electron chi connectivity index (χ0n) is 14.0. The maximum atomic E-state index is 5.82. The Kier molecular flexibility index (Phi) is 15.9. The Hall–Kier alpha value is -1.09. The number of nitrogens with two attached hydrogens (primary N) is 1. The number of guanidine groups is 1. The number of rotatable bonds is 9. The number of imidazole rings is 2. The van der Waals surface area contributed by atoms with Crippen molar-refractivity contribution in [3.8, 4) is 0 Å². The van der Waals surface area contributed by atoms with Crippen molar-refractivity contribution in [2.45, 2.75) is 25.5 Å². The van der Waals surface area contributed by atoms with Crippen LogP contribution in [0.25, 0.3) is 0 Å². The Labute approximate surface area is 171 Å². The topological polar surface area (TPSA) is 108 Å². The second kappa shape index (κ2) is 15.2. The number of aromatic nitrogens is 4. The van der Waals surface area contributed by atoms with Crippen LogP contribution in [-0.2, 0) is 12.2 Å². The van der Waals surface area contributed by atoms with E-state index >= 15 is 0 Å². The molecule has 0 fully saturated rings. The van der Waals surface area contributed by atoms with Crippen LogP contribution in [-0.4, -0.2) is 44.7 Å². The van der Waals surface area contributed by atoms with E-state index in [0.717, 1.165) is 48.0 Å². The van der Waals surface area contributed by atoms with E-state index in [1.165, 1.54) is 0 Å². The van der Waals surface area contributed by atoms with E-state index in [-0.39, 0.29) is 37.2 Å². The molecule has 0 bridgehead atoms. The molecular formula is C14H26Cl3N7S. The third-order valence-corrected chi connectivity index (χ3v) is 4.12. The fourth-order valence-electron chi connectivity index (χ4n) is 1.90. The third-order valence-electron chi connectivity index (χ3n) is 3.15. The molecule has 2 aromatic rings. The molecule has 0 aliphatic carbocycles. The van der Waals surface area contributed by atoms with Gasteiger partial charge in [-0.05, 0) is 19.8 Å². The smallest absolute Gasteiger partial charge is 0.188 e. The SMILES string of the molecule is Cc1[nH]cnc1CSCCNC(N)=NCCCc1c[nH]cn1.Cl.Cl.Cl. The van der Waals surface area contributed by atoms with Gasteiger partial charge in [0, 0.05) is 36.5 Å². The summed E-state index contributed by atoms with van der Waals surface area (Å²) in [6.45, 7) is 3.56. The number of aliphatic imine (C=N–C) groups is 1. The van der Waals surface area contributed by atoms with E-state index < -0.39 is 0 Å². The first kappa shape index (κ1) is 26.1. The molecule has 0 unspecified atom stereocenters. The Bertz CT molecular complexity index is 575. The van der Waals surface area contributed by atoms with Crippen LogP contribution in [0.5, 0.6) is 0 Å². The molecule has 0 amide bonds. The van der Waals surface area contributed by atoms with Crippen LogP contribution in [0.3, 0.4) is 0 Å². The van der Waals surface area contributed by atoms with Crippen molar-refractivity contribution in [1.29, 1.82) is 0 Å². The number of aromatic amines is 2. The van der Waals surface area contributed by atoms with Crippen LogP contribution >= 0.6 is 49.0 Å². The van der Waals surface area contributed by atoms with E-state index in [4.69, 9.17) is 5.73 Å². The van der Waals surface area contributed by atoms with Gasteiger partial charge in [-0.2, -0.15) is 11.8 Å². The van der Waals surface area contributed by atoms with E-state index in [2.05, 4.69) is 30.2 Å². The molecule has 2 rings (SSSR count). The van der Waals surface area contributed by atoms with Gasteiger partial charge in [-0.25, -0.2) is 9.97 Å². The zero-order valence-corrected chi connectivity index (χ0v) is 17.3. The van der Waals surface area contributed by atoms with Crippen LogP contribution in [0.4, 0.5) is 0 Å². The fraction of sp³-hybridized carbons (Fsp3) is 0.500. The maximum absolute atomic E-state index is 5.82. The number of halogens is 3. The van der Waals surface area contributed by atoms with Gasteiger partial charge in [0.2, 0.25) is 0 Å². The molecule has 0 atom stereocenters. The lowest BCUT2D eigenvalue weighted by Gasteiger charge is -2.05. The summed E-state index contributed by atoms with van der Waals surface area (Å²) in [6, 6.07) is 0. The van der Waals surface area contributed by atoms with Crippen LogP contribution in [0.15, 0.2) is 23.8 Å². The van der Waals surface area contributed by atoms with Crippen molar-refractivity contribution in [1.82, 2.24) is 25.3 Å². The molecule has 0 aliphatic heterocycles. The lowest BCUT2D eigenvalue weighted by Crippen LogP contribution is -2.33. The predicted octanol–water partition coefficient (Wildman–Crippen LogP) is 2.48. The Balaban J connectivity index is 0. The first-order chi connectivity index (χ1) is 10.8.